The lowest BCUT2D eigenvalue weighted by molar-refractivity contribution is -0.155. The van der Waals surface area contributed by atoms with Crippen molar-refractivity contribution in [3.63, 3.8) is 0 Å². The lowest BCUT2D eigenvalue weighted by atomic mass is 10.2. The monoisotopic (exact) mass is 194 g/mol. The van der Waals surface area contributed by atoms with Gasteiger partial charge in [-0.05, 0) is 12.5 Å². The zero-order chi connectivity index (χ0) is 10.4. The Morgan fingerprint density at radius 1 is 1.36 bits per heavy atom. The highest BCUT2D eigenvalue weighted by atomic mass is 16.6. The van der Waals surface area contributed by atoms with Crippen LogP contribution in [-0.4, -0.2) is 19.2 Å². The molecule has 3 nitrogen and oxygen atoms in total. The van der Waals surface area contributed by atoms with E-state index >= 15 is 0 Å². The fraction of sp³-hybridized carbons (Fsp3) is 0.364. The summed E-state index contributed by atoms with van der Waals surface area (Å²) in [6.07, 6.45) is -0.501. The van der Waals surface area contributed by atoms with Crippen molar-refractivity contribution in [2.75, 3.05) is 7.11 Å². The first kappa shape index (κ1) is 10.7. The minimum absolute atomic E-state index is 0.299. The summed E-state index contributed by atoms with van der Waals surface area (Å²) in [5.74, 6) is -0.337. The molecule has 0 saturated heterocycles. The number of benzene rings is 1. The summed E-state index contributed by atoms with van der Waals surface area (Å²) < 4.78 is 9.84. The molecule has 1 aromatic carbocycles. The van der Waals surface area contributed by atoms with Crippen LogP contribution in [0.15, 0.2) is 30.3 Å². The zero-order valence-corrected chi connectivity index (χ0v) is 8.40. The third kappa shape index (κ3) is 3.18. The van der Waals surface area contributed by atoms with Crippen molar-refractivity contribution >= 4 is 5.97 Å². The van der Waals surface area contributed by atoms with Crippen molar-refractivity contribution in [2.45, 2.75) is 19.6 Å². The van der Waals surface area contributed by atoms with Crippen LogP contribution in [0.4, 0.5) is 0 Å². The largest absolute Gasteiger partial charge is 0.459 e. The van der Waals surface area contributed by atoms with E-state index in [0.29, 0.717) is 6.61 Å². The van der Waals surface area contributed by atoms with Gasteiger partial charge in [-0.25, -0.2) is 4.79 Å². The maximum atomic E-state index is 11.2. The lowest BCUT2D eigenvalue weighted by Crippen LogP contribution is -2.21. The molecule has 0 aliphatic rings. The Balaban J connectivity index is 2.38. The molecule has 0 spiro atoms. The maximum absolute atomic E-state index is 11.2. The highest BCUT2D eigenvalue weighted by Gasteiger charge is 2.12. The van der Waals surface area contributed by atoms with E-state index in [2.05, 4.69) is 0 Å². The molecular weight excluding hydrogens is 180 g/mol. The van der Waals surface area contributed by atoms with Crippen LogP contribution in [0.3, 0.4) is 0 Å². The van der Waals surface area contributed by atoms with Gasteiger partial charge in [0.2, 0.25) is 0 Å². The van der Waals surface area contributed by atoms with Gasteiger partial charge in [-0.2, -0.15) is 0 Å². The molecule has 0 bridgehead atoms. The highest BCUT2D eigenvalue weighted by molar-refractivity contribution is 5.74. The van der Waals surface area contributed by atoms with Gasteiger partial charge in [0.05, 0.1) is 0 Å². The predicted molar refractivity (Wildman–Crippen MR) is 52.7 cm³/mol. The number of esters is 1. The molecule has 1 rings (SSSR count). The molecule has 0 aliphatic heterocycles. The van der Waals surface area contributed by atoms with E-state index in [4.69, 9.17) is 9.47 Å². The van der Waals surface area contributed by atoms with Crippen LogP contribution in [-0.2, 0) is 20.9 Å². The minimum Gasteiger partial charge on any atom is -0.459 e. The molecule has 1 unspecified atom stereocenters. The Labute approximate surface area is 83.6 Å². The second kappa shape index (κ2) is 5.40. The van der Waals surface area contributed by atoms with Crippen molar-refractivity contribution in [3.05, 3.63) is 35.9 Å². The first-order chi connectivity index (χ1) is 6.74. The average Bonchev–Trinajstić information content (AvgIpc) is 2.26. The number of hydrogen-bond acceptors (Lipinski definition) is 3. The van der Waals surface area contributed by atoms with Crippen LogP contribution < -0.4 is 0 Å². The van der Waals surface area contributed by atoms with Crippen molar-refractivity contribution in [1.29, 1.82) is 0 Å². The topological polar surface area (TPSA) is 35.5 Å². The van der Waals surface area contributed by atoms with E-state index in [9.17, 15) is 4.79 Å². The van der Waals surface area contributed by atoms with Gasteiger partial charge in [-0.1, -0.05) is 30.3 Å². The smallest absolute Gasteiger partial charge is 0.335 e. The molecule has 0 heterocycles. The summed E-state index contributed by atoms with van der Waals surface area (Å²) >= 11 is 0. The molecule has 1 aromatic rings. The van der Waals surface area contributed by atoms with Gasteiger partial charge < -0.3 is 9.47 Å². The van der Waals surface area contributed by atoms with Crippen LogP contribution in [0.25, 0.3) is 0 Å². The van der Waals surface area contributed by atoms with Crippen molar-refractivity contribution in [1.82, 2.24) is 0 Å². The number of rotatable bonds is 4. The molecule has 14 heavy (non-hydrogen) atoms. The third-order valence-corrected chi connectivity index (χ3v) is 1.91. The highest BCUT2D eigenvalue weighted by Crippen LogP contribution is 2.02. The quantitative estimate of drug-likeness (QED) is 0.685. The SMILES string of the molecule is COC(C)C(=O)OCc1ccccc1. The second-order valence-electron chi connectivity index (χ2n) is 2.97. The molecular formula is C11H14O3. The van der Waals surface area contributed by atoms with E-state index in [1.165, 1.54) is 7.11 Å². The van der Waals surface area contributed by atoms with Gasteiger partial charge in [0.15, 0.2) is 6.10 Å². The molecule has 76 valence electrons. The zero-order valence-electron chi connectivity index (χ0n) is 8.40. The van der Waals surface area contributed by atoms with Gasteiger partial charge in [0, 0.05) is 7.11 Å². The molecule has 0 radical (unpaired) electrons. The standard InChI is InChI=1S/C11H14O3/c1-9(13-2)11(12)14-8-10-6-4-3-5-7-10/h3-7,9H,8H2,1-2H3. The lowest BCUT2D eigenvalue weighted by Gasteiger charge is -2.09. The summed E-state index contributed by atoms with van der Waals surface area (Å²) in [5, 5.41) is 0. The normalized spacial score (nSPS) is 12.1. The molecule has 0 fully saturated rings. The molecule has 3 heteroatoms. The third-order valence-electron chi connectivity index (χ3n) is 1.91. The molecule has 0 N–H and O–H groups in total. The molecule has 1 atom stereocenters. The van der Waals surface area contributed by atoms with Crippen molar-refractivity contribution < 1.29 is 14.3 Å². The van der Waals surface area contributed by atoms with E-state index in [0.717, 1.165) is 5.56 Å². The Hall–Kier alpha value is -1.35. The summed E-state index contributed by atoms with van der Waals surface area (Å²) in [7, 11) is 1.48. The van der Waals surface area contributed by atoms with E-state index < -0.39 is 6.10 Å². The van der Waals surface area contributed by atoms with Gasteiger partial charge in [-0.3, -0.25) is 0 Å². The maximum Gasteiger partial charge on any atom is 0.335 e. The van der Waals surface area contributed by atoms with Gasteiger partial charge in [0.1, 0.15) is 6.61 Å². The Bertz CT molecular complexity index is 282. The molecule has 0 amide bonds. The number of carbonyl (C=O) groups is 1. The van der Waals surface area contributed by atoms with Crippen LogP contribution in [0.5, 0.6) is 0 Å². The Morgan fingerprint density at radius 2 is 2.00 bits per heavy atom. The number of carbonyl (C=O) groups excluding carboxylic acids is 1. The van der Waals surface area contributed by atoms with E-state index in [-0.39, 0.29) is 5.97 Å². The van der Waals surface area contributed by atoms with Crippen LogP contribution in [0.1, 0.15) is 12.5 Å². The fourth-order valence-electron chi connectivity index (χ4n) is 0.942. The molecule has 0 aliphatic carbocycles. The number of methoxy groups -OCH3 is 1. The average molecular weight is 194 g/mol. The van der Waals surface area contributed by atoms with Crippen molar-refractivity contribution in [3.8, 4) is 0 Å². The van der Waals surface area contributed by atoms with E-state index in [1.807, 2.05) is 30.3 Å². The second-order valence-corrected chi connectivity index (χ2v) is 2.97. The molecule has 0 saturated carbocycles. The van der Waals surface area contributed by atoms with Crippen LogP contribution in [0.2, 0.25) is 0 Å². The van der Waals surface area contributed by atoms with Crippen LogP contribution >= 0.6 is 0 Å². The first-order valence-electron chi connectivity index (χ1n) is 4.47. The first-order valence-corrected chi connectivity index (χ1v) is 4.47. The summed E-state index contributed by atoms with van der Waals surface area (Å²) in [5.41, 5.74) is 0.976. The molecule has 0 aromatic heterocycles. The van der Waals surface area contributed by atoms with Gasteiger partial charge in [-0.15, -0.1) is 0 Å². The minimum atomic E-state index is -0.501. The van der Waals surface area contributed by atoms with Crippen LogP contribution in [0, 0.1) is 0 Å². The Kier molecular flexibility index (Phi) is 4.13. The Morgan fingerprint density at radius 3 is 2.57 bits per heavy atom. The van der Waals surface area contributed by atoms with E-state index in [1.54, 1.807) is 6.92 Å². The fourth-order valence-corrected chi connectivity index (χ4v) is 0.942. The summed E-state index contributed by atoms with van der Waals surface area (Å²) in [6.45, 7) is 1.96. The van der Waals surface area contributed by atoms with Crippen molar-refractivity contribution in [2.24, 2.45) is 0 Å². The number of ether oxygens (including phenoxy) is 2. The number of hydrogen-bond donors (Lipinski definition) is 0. The summed E-state index contributed by atoms with van der Waals surface area (Å²) in [4.78, 5) is 11.2. The predicted octanol–water partition coefficient (Wildman–Crippen LogP) is 1.76. The van der Waals surface area contributed by atoms with Gasteiger partial charge in [0.25, 0.3) is 0 Å². The van der Waals surface area contributed by atoms with Gasteiger partial charge >= 0.3 is 5.97 Å². The summed E-state index contributed by atoms with van der Waals surface area (Å²) in [6, 6.07) is 9.55.